The molecule has 1 aliphatic heterocycles. The van der Waals surface area contributed by atoms with Crippen molar-refractivity contribution in [3.8, 4) is 0 Å². The predicted octanol–water partition coefficient (Wildman–Crippen LogP) is -0.0279. The molecule has 0 saturated carbocycles. The minimum absolute atomic E-state index is 0.0730. The number of hydrogen-bond acceptors (Lipinski definition) is 5. The van der Waals surface area contributed by atoms with Crippen LogP contribution in [0.5, 0.6) is 0 Å². The van der Waals surface area contributed by atoms with Crippen LogP contribution in [0.25, 0.3) is 0 Å². The Bertz CT molecular complexity index is 381. The van der Waals surface area contributed by atoms with Crippen LogP contribution < -0.4 is 0 Å². The van der Waals surface area contributed by atoms with Crippen molar-refractivity contribution in [2.75, 3.05) is 25.4 Å². The Kier molecular flexibility index (Phi) is 5.55. The number of piperidine rings is 1. The summed E-state index contributed by atoms with van der Waals surface area (Å²) >= 11 is 0. The molecule has 1 heterocycles. The van der Waals surface area contributed by atoms with Crippen molar-refractivity contribution >= 4 is 16.0 Å². The fourth-order valence-corrected chi connectivity index (χ4v) is 3.45. The van der Waals surface area contributed by atoms with E-state index in [9.17, 15) is 18.3 Å². The minimum Gasteiger partial charge on any atom is -0.466 e. The highest BCUT2D eigenvalue weighted by atomic mass is 32.2. The van der Waals surface area contributed by atoms with Crippen LogP contribution in [0.2, 0.25) is 0 Å². The second-order valence-corrected chi connectivity index (χ2v) is 6.65. The summed E-state index contributed by atoms with van der Waals surface area (Å²) in [5, 5.41) is 9.55. The molecule has 0 aromatic heterocycles. The lowest BCUT2D eigenvalue weighted by Crippen LogP contribution is -2.45. The largest absolute Gasteiger partial charge is 0.466 e. The third-order valence-electron chi connectivity index (χ3n) is 3.09. The van der Waals surface area contributed by atoms with Gasteiger partial charge < -0.3 is 9.84 Å². The smallest absolute Gasteiger partial charge is 0.306 e. The summed E-state index contributed by atoms with van der Waals surface area (Å²) in [5.74, 6) is -0.795. The summed E-state index contributed by atoms with van der Waals surface area (Å²) in [5.41, 5.74) is 0. The molecule has 7 heteroatoms. The number of esters is 1. The number of aliphatic hydroxyl groups excluding tert-OH is 1. The second-order valence-electron chi connectivity index (χ2n) is 4.56. The third kappa shape index (κ3) is 4.22. The van der Waals surface area contributed by atoms with Gasteiger partial charge in [-0.3, -0.25) is 4.79 Å². The fourth-order valence-electron chi connectivity index (χ4n) is 1.92. The Morgan fingerprint density at radius 2 is 2.17 bits per heavy atom. The molecule has 2 atom stereocenters. The van der Waals surface area contributed by atoms with Gasteiger partial charge in [0.15, 0.2) is 0 Å². The highest BCUT2D eigenvalue weighted by Gasteiger charge is 2.31. The van der Waals surface area contributed by atoms with Crippen molar-refractivity contribution in [3.63, 3.8) is 0 Å². The third-order valence-corrected chi connectivity index (χ3v) is 4.92. The number of hydrogen-bond donors (Lipinski definition) is 1. The van der Waals surface area contributed by atoms with Crippen molar-refractivity contribution in [2.45, 2.75) is 32.8 Å². The van der Waals surface area contributed by atoms with Crippen molar-refractivity contribution < 1.29 is 23.1 Å². The van der Waals surface area contributed by atoms with Crippen LogP contribution in [0.4, 0.5) is 0 Å². The number of aliphatic hydroxyl groups is 1. The van der Waals surface area contributed by atoms with Gasteiger partial charge >= 0.3 is 5.97 Å². The number of ether oxygens (including phenoxy) is 1. The maximum absolute atomic E-state index is 12.0. The summed E-state index contributed by atoms with van der Waals surface area (Å²) in [6.45, 7) is 4.38. The quantitative estimate of drug-likeness (QED) is 0.715. The SMILES string of the molecule is CCOC(=O)CCS(=O)(=O)N1CCC(O)C(C)C1. The summed E-state index contributed by atoms with van der Waals surface area (Å²) in [6.07, 6.45) is -0.120. The molecule has 0 amide bonds. The highest BCUT2D eigenvalue weighted by molar-refractivity contribution is 7.89. The van der Waals surface area contributed by atoms with E-state index < -0.39 is 22.1 Å². The summed E-state index contributed by atoms with van der Waals surface area (Å²) < 4.78 is 30.0. The Morgan fingerprint density at radius 3 is 2.72 bits per heavy atom. The van der Waals surface area contributed by atoms with Crippen molar-refractivity contribution in [1.82, 2.24) is 4.31 Å². The minimum atomic E-state index is -3.43. The maximum atomic E-state index is 12.0. The highest BCUT2D eigenvalue weighted by Crippen LogP contribution is 2.19. The molecule has 0 radical (unpaired) electrons. The molecule has 106 valence electrons. The molecular weight excluding hydrogens is 258 g/mol. The van der Waals surface area contributed by atoms with E-state index in [1.54, 1.807) is 6.92 Å². The molecule has 1 aliphatic rings. The number of carbonyl (C=O) groups excluding carboxylic acids is 1. The van der Waals surface area contributed by atoms with E-state index in [2.05, 4.69) is 0 Å². The zero-order valence-electron chi connectivity index (χ0n) is 10.8. The van der Waals surface area contributed by atoms with E-state index in [1.807, 2.05) is 6.92 Å². The zero-order chi connectivity index (χ0) is 13.8. The molecule has 1 fully saturated rings. The summed E-state index contributed by atoms with van der Waals surface area (Å²) in [7, 11) is -3.43. The first-order valence-corrected chi connectivity index (χ1v) is 7.79. The van der Waals surface area contributed by atoms with Gasteiger partial charge in [0.25, 0.3) is 0 Å². The van der Waals surface area contributed by atoms with Gasteiger partial charge in [-0.15, -0.1) is 0 Å². The molecule has 0 aromatic rings. The average molecular weight is 279 g/mol. The van der Waals surface area contributed by atoms with E-state index >= 15 is 0 Å². The number of rotatable bonds is 5. The van der Waals surface area contributed by atoms with E-state index in [-0.39, 0.29) is 24.7 Å². The van der Waals surface area contributed by atoms with Gasteiger partial charge in [0, 0.05) is 13.1 Å². The number of carbonyl (C=O) groups is 1. The van der Waals surface area contributed by atoms with E-state index in [0.29, 0.717) is 19.5 Å². The monoisotopic (exact) mass is 279 g/mol. The molecule has 0 bridgehead atoms. The maximum Gasteiger partial charge on any atom is 0.306 e. The van der Waals surface area contributed by atoms with E-state index in [0.717, 1.165) is 0 Å². The molecule has 1 saturated heterocycles. The van der Waals surface area contributed by atoms with Crippen LogP contribution in [-0.2, 0) is 19.6 Å². The number of sulfonamides is 1. The molecule has 1 rings (SSSR count). The van der Waals surface area contributed by atoms with Crippen LogP contribution >= 0.6 is 0 Å². The van der Waals surface area contributed by atoms with Crippen molar-refractivity contribution in [2.24, 2.45) is 5.92 Å². The van der Waals surface area contributed by atoms with Crippen LogP contribution in [0.3, 0.4) is 0 Å². The van der Waals surface area contributed by atoms with Crippen LogP contribution in [0.15, 0.2) is 0 Å². The van der Waals surface area contributed by atoms with Gasteiger partial charge in [0.05, 0.1) is 24.9 Å². The van der Waals surface area contributed by atoms with Crippen molar-refractivity contribution in [1.29, 1.82) is 0 Å². The van der Waals surface area contributed by atoms with Crippen LogP contribution in [0.1, 0.15) is 26.7 Å². The normalized spacial score (nSPS) is 25.9. The van der Waals surface area contributed by atoms with Gasteiger partial charge in [0.1, 0.15) is 0 Å². The fraction of sp³-hybridized carbons (Fsp3) is 0.909. The van der Waals surface area contributed by atoms with E-state index in [1.165, 1.54) is 4.31 Å². The lowest BCUT2D eigenvalue weighted by molar-refractivity contribution is -0.142. The zero-order valence-corrected chi connectivity index (χ0v) is 11.6. The Balaban J connectivity index is 2.51. The molecule has 1 N–H and O–H groups in total. The number of nitrogens with zero attached hydrogens (tertiary/aromatic N) is 1. The van der Waals surface area contributed by atoms with Gasteiger partial charge in [-0.2, -0.15) is 0 Å². The summed E-state index contributed by atoms with van der Waals surface area (Å²) in [6, 6.07) is 0. The summed E-state index contributed by atoms with van der Waals surface area (Å²) in [4.78, 5) is 11.1. The molecule has 18 heavy (non-hydrogen) atoms. The van der Waals surface area contributed by atoms with Gasteiger partial charge in [-0.25, -0.2) is 12.7 Å². The molecule has 6 nitrogen and oxygen atoms in total. The first kappa shape index (κ1) is 15.4. The topological polar surface area (TPSA) is 83.9 Å². The molecule has 0 spiro atoms. The molecule has 0 aromatic carbocycles. The van der Waals surface area contributed by atoms with Crippen LogP contribution in [-0.4, -0.2) is 55.4 Å². The van der Waals surface area contributed by atoms with Gasteiger partial charge in [-0.1, -0.05) is 6.92 Å². The van der Waals surface area contributed by atoms with Gasteiger partial charge in [0.2, 0.25) is 10.0 Å². The lowest BCUT2D eigenvalue weighted by Gasteiger charge is -2.33. The van der Waals surface area contributed by atoms with Crippen molar-refractivity contribution in [3.05, 3.63) is 0 Å². The van der Waals surface area contributed by atoms with Crippen LogP contribution in [0, 0.1) is 5.92 Å². The first-order chi connectivity index (χ1) is 8.36. The standard InChI is InChI=1S/C11H21NO5S/c1-3-17-11(14)5-7-18(15,16)12-6-4-10(13)9(2)8-12/h9-10,13H,3-8H2,1-2H3. The lowest BCUT2D eigenvalue weighted by atomic mass is 9.99. The molecular formula is C11H21NO5S. The van der Waals surface area contributed by atoms with E-state index in [4.69, 9.17) is 4.74 Å². The molecule has 2 unspecified atom stereocenters. The Hall–Kier alpha value is -0.660. The Morgan fingerprint density at radius 1 is 1.50 bits per heavy atom. The first-order valence-electron chi connectivity index (χ1n) is 6.18. The van der Waals surface area contributed by atoms with Gasteiger partial charge in [-0.05, 0) is 19.3 Å². The molecule has 0 aliphatic carbocycles. The predicted molar refractivity (Wildman–Crippen MR) is 66.4 cm³/mol. The second kappa shape index (κ2) is 6.49. The Labute approximate surface area is 108 Å². The average Bonchev–Trinajstić information content (AvgIpc) is 2.30.